The SMILES string of the molecule is CN(C(=O)[C@H]1CNC(=O)O1)[C@@H](c1ccc(N2CCCc3c2cnc2cc(Cl)nn32)cc1)C(F)(F)F. The van der Waals surface area contributed by atoms with Crippen molar-refractivity contribution in [1.82, 2.24) is 24.8 Å². The number of carbonyl (C=O) groups is 2. The summed E-state index contributed by atoms with van der Waals surface area (Å²) in [7, 11) is 1.05. The molecule has 2 aliphatic rings. The van der Waals surface area contributed by atoms with Gasteiger partial charge in [0.2, 0.25) is 0 Å². The lowest BCUT2D eigenvalue weighted by atomic mass is 10.0. The molecule has 5 rings (SSSR count). The first kappa shape index (κ1) is 23.2. The second-order valence-electron chi connectivity index (χ2n) is 8.34. The standard InChI is InChI=1S/C22H20ClF3N6O3/c1-30(20(33)16-11-28-21(34)35-16)19(22(24,25)26)12-4-6-13(7-5-12)31-8-2-3-14-15(31)10-27-18-9-17(23)29-32(14)18/h4-7,9-10,16,19H,2-3,8,11H2,1H3,(H,28,34)/t16-,19+/m1/s1. The highest BCUT2D eigenvalue weighted by atomic mass is 35.5. The Hall–Kier alpha value is -3.54. The number of hydrogen-bond donors (Lipinski definition) is 1. The molecule has 2 atom stereocenters. The third kappa shape index (κ3) is 4.22. The zero-order chi connectivity index (χ0) is 24.9. The topological polar surface area (TPSA) is 92.1 Å². The second-order valence-corrected chi connectivity index (χ2v) is 8.73. The van der Waals surface area contributed by atoms with E-state index in [-0.39, 0.29) is 12.1 Å². The number of aromatic nitrogens is 3. The molecular formula is C22H20ClF3N6O3. The van der Waals surface area contributed by atoms with Gasteiger partial charge in [0.25, 0.3) is 5.91 Å². The van der Waals surface area contributed by atoms with Crippen LogP contribution in [0.4, 0.5) is 29.3 Å². The van der Waals surface area contributed by atoms with Gasteiger partial charge in [-0.05, 0) is 30.5 Å². The molecule has 1 fully saturated rings. The molecule has 9 nitrogen and oxygen atoms in total. The van der Waals surface area contributed by atoms with E-state index >= 15 is 0 Å². The number of hydrogen-bond acceptors (Lipinski definition) is 6. The summed E-state index contributed by atoms with van der Waals surface area (Å²) in [5, 5.41) is 6.89. The summed E-state index contributed by atoms with van der Waals surface area (Å²) in [4.78, 5) is 30.7. The Balaban J connectivity index is 1.44. The van der Waals surface area contributed by atoms with Gasteiger partial charge in [0.15, 0.2) is 22.9 Å². The van der Waals surface area contributed by atoms with Crippen molar-refractivity contribution in [2.75, 3.05) is 25.0 Å². The van der Waals surface area contributed by atoms with Crippen LogP contribution in [0, 0.1) is 0 Å². The lowest BCUT2D eigenvalue weighted by Crippen LogP contribution is -2.45. The number of benzene rings is 1. The highest BCUT2D eigenvalue weighted by Crippen LogP contribution is 2.39. The summed E-state index contributed by atoms with van der Waals surface area (Å²) in [6, 6.07) is 5.32. The van der Waals surface area contributed by atoms with Gasteiger partial charge in [0.05, 0.1) is 24.1 Å². The normalized spacial score (nSPS) is 18.7. The smallest absolute Gasteiger partial charge is 0.413 e. The molecule has 0 bridgehead atoms. The summed E-state index contributed by atoms with van der Waals surface area (Å²) in [6.07, 6.45) is -3.61. The van der Waals surface area contributed by atoms with E-state index in [4.69, 9.17) is 16.3 Å². The van der Waals surface area contributed by atoms with Crippen LogP contribution in [0.15, 0.2) is 36.5 Å². The summed E-state index contributed by atoms with van der Waals surface area (Å²) < 4.78 is 48.5. The fraction of sp³-hybridized carbons (Fsp3) is 0.364. The fourth-order valence-corrected chi connectivity index (χ4v) is 4.72. The molecule has 184 valence electrons. The van der Waals surface area contributed by atoms with E-state index < -0.39 is 30.3 Å². The zero-order valence-electron chi connectivity index (χ0n) is 18.4. The van der Waals surface area contributed by atoms with Gasteiger partial charge in [-0.15, -0.1) is 0 Å². The maximum absolute atomic E-state index is 14.0. The average molecular weight is 509 g/mol. The number of alkyl halides is 3. The highest BCUT2D eigenvalue weighted by molar-refractivity contribution is 6.29. The van der Waals surface area contributed by atoms with Gasteiger partial charge in [-0.2, -0.15) is 18.3 Å². The predicted octanol–water partition coefficient (Wildman–Crippen LogP) is 3.64. The highest BCUT2D eigenvalue weighted by Gasteiger charge is 2.47. The summed E-state index contributed by atoms with van der Waals surface area (Å²) in [6.45, 7) is 0.471. The van der Waals surface area contributed by atoms with Crippen molar-refractivity contribution >= 4 is 40.6 Å². The van der Waals surface area contributed by atoms with Gasteiger partial charge in [-0.1, -0.05) is 23.7 Å². The molecule has 1 N–H and O–H groups in total. The largest absolute Gasteiger partial charge is 0.434 e. The molecule has 0 aliphatic carbocycles. The number of halogens is 4. The molecule has 1 saturated heterocycles. The molecule has 3 aromatic rings. The number of carbonyl (C=O) groups excluding carboxylic acids is 2. The van der Waals surface area contributed by atoms with Crippen LogP contribution in [-0.2, 0) is 16.0 Å². The van der Waals surface area contributed by atoms with E-state index in [1.54, 1.807) is 28.9 Å². The Kier molecular flexibility index (Phi) is 5.70. The van der Waals surface area contributed by atoms with Crippen molar-refractivity contribution in [3.05, 3.63) is 52.9 Å². The Morgan fingerprint density at radius 3 is 2.71 bits per heavy atom. The monoisotopic (exact) mass is 508 g/mol. The van der Waals surface area contributed by atoms with Gasteiger partial charge < -0.3 is 19.9 Å². The first-order valence-corrected chi connectivity index (χ1v) is 11.2. The molecular weight excluding hydrogens is 489 g/mol. The van der Waals surface area contributed by atoms with Crippen LogP contribution in [0.1, 0.15) is 23.7 Å². The number of alkyl carbamates (subject to hydrolysis) is 1. The van der Waals surface area contributed by atoms with Gasteiger partial charge in [-0.3, -0.25) is 4.79 Å². The minimum atomic E-state index is -4.74. The first-order chi connectivity index (χ1) is 16.6. The number of rotatable bonds is 4. The van der Waals surface area contributed by atoms with Crippen LogP contribution in [-0.4, -0.2) is 63.9 Å². The minimum Gasteiger partial charge on any atom is -0.434 e. The van der Waals surface area contributed by atoms with Crippen LogP contribution in [0.5, 0.6) is 0 Å². The summed E-state index contributed by atoms with van der Waals surface area (Å²) in [5.74, 6) is -0.937. The van der Waals surface area contributed by atoms with Gasteiger partial charge in [0.1, 0.15) is 0 Å². The van der Waals surface area contributed by atoms with Crippen molar-refractivity contribution in [2.24, 2.45) is 0 Å². The van der Waals surface area contributed by atoms with Crippen LogP contribution < -0.4 is 10.2 Å². The van der Waals surface area contributed by atoms with Gasteiger partial charge in [0, 0.05) is 25.3 Å². The van der Waals surface area contributed by atoms with Crippen LogP contribution in [0.2, 0.25) is 5.15 Å². The number of aryl methyl sites for hydroxylation is 1. The van der Waals surface area contributed by atoms with Gasteiger partial charge >= 0.3 is 12.3 Å². The number of anilines is 2. The molecule has 0 spiro atoms. The van der Waals surface area contributed by atoms with E-state index in [1.165, 1.54) is 12.1 Å². The lowest BCUT2D eigenvalue weighted by Gasteiger charge is -2.33. The van der Waals surface area contributed by atoms with Crippen molar-refractivity contribution in [3.8, 4) is 0 Å². The molecule has 2 amide bonds. The second kappa shape index (κ2) is 8.59. The summed E-state index contributed by atoms with van der Waals surface area (Å²) in [5.41, 5.74) is 2.90. The van der Waals surface area contributed by atoms with Crippen molar-refractivity contribution < 1.29 is 27.5 Å². The molecule has 0 saturated carbocycles. The minimum absolute atomic E-state index is 0.112. The number of nitrogens with zero attached hydrogens (tertiary/aromatic N) is 5. The van der Waals surface area contributed by atoms with E-state index in [0.29, 0.717) is 27.9 Å². The van der Waals surface area contributed by atoms with Crippen LogP contribution >= 0.6 is 11.6 Å². The number of ether oxygens (including phenoxy) is 1. The van der Waals surface area contributed by atoms with Gasteiger partial charge in [-0.25, -0.2) is 14.3 Å². The van der Waals surface area contributed by atoms with Crippen LogP contribution in [0.25, 0.3) is 5.65 Å². The number of nitrogens with one attached hydrogen (secondary N) is 1. The maximum Gasteiger partial charge on any atom is 0.413 e. The van der Waals surface area contributed by atoms with E-state index in [2.05, 4.69) is 15.4 Å². The third-order valence-corrected chi connectivity index (χ3v) is 6.32. The molecule has 13 heteroatoms. The summed E-state index contributed by atoms with van der Waals surface area (Å²) >= 11 is 6.03. The molecule has 0 radical (unpaired) electrons. The molecule has 35 heavy (non-hydrogen) atoms. The van der Waals surface area contributed by atoms with E-state index in [9.17, 15) is 22.8 Å². The maximum atomic E-state index is 14.0. The fourth-order valence-electron chi connectivity index (χ4n) is 4.55. The molecule has 2 aliphatic heterocycles. The first-order valence-electron chi connectivity index (χ1n) is 10.8. The number of cyclic esters (lactones) is 1. The Morgan fingerprint density at radius 1 is 1.31 bits per heavy atom. The lowest BCUT2D eigenvalue weighted by molar-refractivity contribution is -0.191. The zero-order valence-corrected chi connectivity index (χ0v) is 19.2. The number of fused-ring (bicyclic) bond motifs is 3. The Labute approximate surface area is 202 Å². The van der Waals surface area contributed by atoms with Crippen molar-refractivity contribution in [2.45, 2.75) is 31.2 Å². The quantitative estimate of drug-likeness (QED) is 0.578. The molecule has 1 aromatic carbocycles. The molecule has 0 unspecified atom stereocenters. The van der Waals surface area contributed by atoms with Crippen LogP contribution in [0.3, 0.4) is 0 Å². The third-order valence-electron chi connectivity index (χ3n) is 6.14. The van der Waals surface area contributed by atoms with Crippen molar-refractivity contribution in [3.63, 3.8) is 0 Å². The predicted molar refractivity (Wildman–Crippen MR) is 120 cm³/mol. The van der Waals surface area contributed by atoms with Crippen molar-refractivity contribution in [1.29, 1.82) is 0 Å². The van der Waals surface area contributed by atoms with E-state index in [0.717, 1.165) is 31.3 Å². The van der Waals surface area contributed by atoms with E-state index in [1.807, 2.05) is 4.90 Å². The Morgan fingerprint density at radius 2 is 2.06 bits per heavy atom. The Bertz CT molecular complexity index is 1300. The number of likely N-dealkylation sites (N-methyl/N-ethyl adjacent to an activating group) is 1. The number of amides is 2. The average Bonchev–Trinajstić information content (AvgIpc) is 3.42. The molecule has 4 heterocycles. The molecule has 2 aromatic heterocycles.